The molecule has 0 spiro atoms. The lowest BCUT2D eigenvalue weighted by atomic mass is 10.00. The highest BCUT2D eigenvalue weighted by molar-refractivity contribution is 14.1. The second kappa shape index (κ2) is 6.38. The van der Waals surface area contributed by atoms with E-state index < -0.39 is 36.9 Å². The van der Waals surface area contributed by atoms with Crippen molar-refractivity contribution in [2.24, 2.45) is 0 Å². The molecule has 1 aliphatic heterocycles. The summed E-state index contributed by atoms with van der Waals surface area (Å²) in [6.45, 7) is -1.74. The molecule has 116 valence electrons. The van der Waals surface area contributed by atoms with Gasteiger partial charge in [0.1, 0.15) is 24.3 Å². The van der Waals surface area contributed by atoms with Crippen LogP contribution in [0.15, 0.2) is 15.1 Å². The van der Waals surface area contributed by atoms with Gasteiger partial charge in [0.25, 0.3) is 0 Å². The lowest BCUT2D eigenvalue weighted by Crippen LogP contribution is -2.45. The molecule has 0 aliphatic carbocycles. The van der Waals surface area contributed by atoms with E-state index >= 15 is 0 Å². The van der Waals surface area contributed by atoms with Crippen LogP contribution in [0, 0.1) is 0 Å². The number of nitrogen functional groups attached to an aromatic ring is 1. The van der Waals surface area contributed by atoms with E-state index in [9.17, 15) is 19.4 Å². The first kappa shape index (κ1) is 16.3. The van der Waals surface area contributed by atoms with E-state index in [2.05, 4.69) is 4.98 Å². The first-order chi connectivity index (χ1) is 9.97. The molecule has 7 nitrogen and oxygen atoms in total. The van der Waals surface area contributed by atoms with E-state index in [1.165, 1.54) is 6.20 Å². The number of rotatable bonds is 4. The zero-order chi connectivity index (χ0) is 15.6. The van der Waals surface area contributed by atoms with Gasteiger partial charge in [-0.1, -0.05) is 22.6 Å². The standard InChI is InChI=1S/C12H15FIN3O4/c13-5-12(6-18)8(19)3-9(21-12)17-4-7(1-2-14)10(15)16-11(17)20/h1-2,4,8-9,18-19H,3,5-6H2,(H2,15,16,20)/t8-,9+,12+/m0/s1. The second-order valence-electron chi connectivity index (χ2n) is 4.74. The van der Waals surface area contributed by atoms with Crippen molar-refractivity contribution in [1.82, 2.24) is 9.55 Å². The molecule has 1 saturated heterocycles. The number of alkyl halides is 1. The van der Waals surface area contributed by atoms with Crippen molar-refractivity contribution >= 4 is 34.5 Å². The summed E-state index contributed by atoms with van der Waals surface area (Å²) in [7, 11) is 0. The molecule has 3 atom stereocenters. The van der Waals surface area contributed by atoms with Crippen LogP contribution in [-0.4, -0.2) is 44.8 Å². The van der Waals surface area contributed by atoms with Gasteiger partial charge in [-0.15, -0.1) is 0 Å². The predicted octanol–water partition coefficient (Wildman–Crippen LogP) is 0.212. The number of hydrogen-bond acceptors (Lipinski definition) is 6. The van der Waals surface area contributed by atoms with E-state index in [1.807, 2.05) is 22.6 Å². The molecule has 21 heavy (non-hydrogen) atoms. The third-order valence-corrected chi connectivity index (χ3v) is 3.82. The highest BCUT2D eigenvalue weighted by Crippen LogP contribution is 2.36. The molecule has 1 aromatic heterocycles. The van der Waals surface area contributed by atoms with Crippen LogP contribution in [0.25, 0.3) is 6.08 Å². The summed E-state index contributed by atoms with van der Waals surface area (Å²) in [5, 5.41) is 19.1. The topological polar surface area (TPSA) is 111 Å². The van der Waals surface area contributed by atoms with Gasteiger partial charge in [-0.25, -0.2) is 9.18 Å². The maximum atomic E-state index is 13.1. The smallest absolute Gasteiger partial charge is 0.351 e. The fraction of sp³-hybridized carbons (Fsp3) is 0.500. The maximum absolute atomic E-state index is 13.1. The van der Waals surface area contributed by atoms with Gasteiger partial charge in [0.05, 0.1) is 12.7 Å². The quantitative estimate of drug-likeness (QED) is 0.612. The van der Waals surface area contributed by atoms with Gasteiger partial charge < -0.3 is 20.7 Å². The molecule has 1 aliphatic rings. The van der Waals surface area contributed by atoms with Crippen LogP contribution in [-0.2, 0) is 4.74 Å². The van der Waals surface area contributed by atoms with Crippen molar-refractivity contribution in [1.29, 1.82) is 0 Å². The summed E-state index contributed by atoms with van der Waals surface area (Å²) in [6, 6.07) is 0. The molecular formula is C12H15FIN3O4. The van der Waals surface area contributed by atoms with Crippen LogP contribution in [0.5, 0.6) is 0 Å². The largest absolute Gasteiger partial charge is 0.393 e. The highest BCUT2D eigenvalue weighted by Gasteiger charge is 2.49. The molecule has 0 saturated carbocycles. The van der Waals surface area contributed by atoms with Crippen LogP contribution < -0.4 is 11.4 Å². The minimum Gasteiger partial charge on any atom is -0.393 e. The van der Waals surface area contributed by atoms with E-state index in [0.717, 1.165) is 4.57 Å². The molecule has 9 heteroatoms. The number of nitrogens with zero attached hydrogens (tertiary/aromatic N) is 2. The van der Waals surface area contributed by atoms with E-state index in [-0.39, 0.29) is 12.2 Å². The number of aliphatic hydroxyl groups excluding tert-OH is 2. The molecule has 4 N–H and O–H groups in total. The zero-order valence-electron chi connectivity index (χ0n) is 10.9. The summed E-state index contributed by atoms with van der Waals surface area (Å²) in [5.41, 5.74) is 3.77. The summed E-state index contributed by atoms with van der Waals surface area (Å²) in [5.74, 6) is 0.0709. The Morgan fingerprint density at radius 3 is 2.95 bits per heavy atom. The molecular weight excluding hydrogens is 396 g/mol. The Morgan fingerprint density at radius 1 is 1.71 bits per heavy atom. The van der Waals surface area contributed by atoms with E-state index in [0.29, 0.717) is 5.56 Å². The number of anilines is 1. The highest BCUT2D eigenvalue weighted by atomic mass is 127. The Balaban J connectivity index is 2.40. The van der Waals surface area contributed by atoms with E-state index in [1.54, 1.807) is 10.2 Å². The van der Waals surface area contributed by atoms with Crippen LogP contribution in [0.1, 0.15) is 18.2 Å². The minimum absolute atomic E-state index is 0.0244. The summed E-state index contributed by atoms with van der Waals surface area (Å²) < 4.78 is 21.3. The van der Waals surface area contributed by atoms with Gasteiger partial charge in [-0.2, -0.15) is 4.98 Å². The number of halogens is 2. The van der Waals surface area contributed by atoms with Crippen LogP contribution >= 0.6 is 22.6 Å². The molecule has 2 heterocycles. The lowest BCUT2D eigenvalue weighted by Gasteiger charge is -2.26. The van der Waals surface area contributed by atoms with Crippen molar-refractivity contribution in [2.45, 2.75) is 24.4 Å². The summed E-state index contributed by atoms with van der Waals surface area (Å²) in [4.78, 5) is 15.6. The van der Waals surface area contributed by atoms with Crippen molar-refractivity contribution in [3.05, 3.63) is 26.3 Å². The minimum atomic E-state index is -1.70. The molecule has 0 unspecified atom stereocenters. The molecule has 1 aromatic rings. The SMILES string of the molecule is Nc1nc(=O)n([C@H]2C[C@H](O)[C@](CO)(CF)O2)cc1C=CI. The normalized spacial score (nSPS) is 29.3. The molecule has 1 fully saturated rings. The Kier molecular flexibility index (Phi) is 4.96. The summed E-state index contributed by atoms with van der Waals surface area (Å²) >= 11 is 1.99. The Morgan fingerprint density at radius 2 is 2.43 bits per heavy atom. The van der Waals surface area contributed by atoms with Crippen molar-refractivity contribution in [3.8, 4) is 0 Å². The van der Waals surface area contributed by atoms with Gasteiger partial charge in [-0.05, 0) is 10.2 Å². The number of nitrogens with two attached hydrogens (primary N) is 1. The van der Waals surface area contributed by atoms with E-state index in [4.69, 9.17) is 10.5 Å². The van der Waals surface area contributed by atoms with Gasteiger partial charge in [-0.3, -0.25) is 4.57 Å². The third kappa shape index (κ3) is 2.96. The molecule has 2 rings (SSSR count). The first-order valence-corrected chi connectivity index (χ1v) is 7.40. The zero-order valence-corrected chi connectivity index (χ0v) is 13.1. The lowest BCUT2D eigenvalue weighted by molar-refractivity contribution is -0.137. The Bertz CT molecular complexity index is 603. The molecule has 0 bridgehead atoms. The van der Waals surface area contributed by atoms with Gasteiger partial charge in [0.15, 0.2) is 0 Å². The molecule has 0 amide bonds. The number of hydrogen-bond donors (Lipinski definition) is 3. The number of aromatic nitrogens is 2. The Labute approximate surface area is 133 Å². The second-order valence-corrected chi connectivity index (χ2v) is 5.46. The predicted molar refractivity (Wildman–Crippen MR) is 82.5 cm³/mol. The first-order valence-electron chi connectivity index (χ1n) is 6.15. The van der Waals surface area contributed by atoms with Crippen molar-refractivity contribution in [3.63, 3.8) is 0 Å². The molecule has 0 radical (unpaired) electrons. The van der Waals surface area contributed by atoms with Gasteiger partial charge >= 0.3 is 5.69 Å². The fourth-order valence-corrected chi connectivity index (χ4v) is 2.57. The molecule has 0 aromatic carbocycles. The monoisotopic (exact) mass is 411 g/mol. The summed E-state index contributed by atoms with van der Waals surface area (Å²) in [6.07, 6.45) is 0.931. The third-order valence-electron chi connectivity index (χ3n) is 3.46. The van der Waals surface area contributed by atoms with Crippen LogP contribution in [0.2, 0.25) is 0 Å². The van der Waals surface area contributed by atoms with Gasteiger partial charge in [0.2, 0.25) is 0 Å². The number of ether oxygens (including phenoxy) is 1. The van der Waals surface area contributed by atoms with Crippen molar-refractivity contribution < 1.29 is 19.3 Å². The Hall–Kier alpha value is -1.04. The average Bonchev–Trinajstić information content (AvgIpc) is 2.79. The maximum Gasteiger partial charge on any atom is 0.351 e. The number of aliphatic hydroxyl groups is 2. The van der Waals surface area contributed by atoms with Crippen LogP contribution in [0.3, 0.4) is 0 Å². The van der Waals surface area contributed by atoms with Crippen molar-refractivity contribution in [2.75, 3.05) is 19.0 Å². The van der Waals surface area contributed by atoms with Gasteiger partial charge in [0, 0.05) is 18.2 Å². The average molecular weight is 411 g/mol. The fourth-order valence-electron chi connectivity index (χ4n) is 2.18. The van der Waals surface area contributed by atoms with Crippen LogP contribution in [0.4, 0.5) is 10.2 Å².